The van der Waals surface area contributed by atoms with Crippen LogP contribution in [0.3, 0.4) is 0 Å². The van der Waals surface area contributed by atoms with Crippen molar-refractivity contribution in [3.8, 4) is 0 Å². The number of carbonyl (C=O) groups excluding carboxylic acids is 1. The standard InChI is InChI=1S/C14H18O4/c1-14(2)11-7-9(8-12(16-3)17-4)5-6-10(11)13(15)18-14/h5-7,12H,8H2,1-4H3. The van der Waals surface area contributed by atoms with Gasteiger partial charge in [-0.05, 0) is 25.5 Å². The van der Waals surface area contributed by atoms with Crippen molar-refractivity contribution < 1.29 is 19.0 Å². The van der Waals surface area contributed by atoms with Crippen LogP contribution < -0.4 is 0 Å². The van der Waals surface area contributed by atoms with Gasteiger partial charge in [0.25, 0.3) is 0 Å². The van der Waals surface area contributed by atoms with Crippen molar-refractivity contribution in [2.24, 2.45) is 0 Å². The third kappa shape index (κ3) is 2.26. The van der Waals surface area contributed by atoms with Crippen LogP contribution in [0.25, 0.3) is 0 Å². The van der Waals surface area contributed by atoms with Gasteiger partial charge in [-0.15, -0.1) is 0 Å². The van der Waals surface area contributed by atoms with E-state index < -0.39 is 5.60 Å². The Morgan fingerprint density at radius 2 is 1.94 bits per heavy atom. The lowest BCUT2D eigenvalue weighted by Gasteiger charge is -2.19. The average Bonchev–Trinajstić information content (AvgIpc) is 2.57. The Labute approximate surface area is 107 Å². The molecule has 4 heteroatoms. The van der Waals surface area contributed by atoms with E-state index in [2.05, 4.69) is 0 Å². The second-order valence-corrected chi connectivity index (χ2v) is 4.88. The number of fused-ring (bicyclic) bond motifs is 1. The van der Waals surface area contributed by atoms with Crippen molar-refractivity contribution in [1.29, 1.82) is 0 Å². The first-order chi connectivity index (χ1) is 8.47. The fraction of sp³-hybridized carbons (Fsp3) is 0.500. The highest BCUT2D eigenvalue weighted by atomic mass is 16.7. The SMILES string of the molecule is COC(Cc1ccc2c(c1)C(C)(C)OC2=O)OC. The van der Waals surface area contributed by atoms with E-state index in [4.69, 9.17) is 14.2 Å². The van der Waals surface area contributed by atoms with Crippen LogP contribution in [0.2, 0.25) is 0 Å². The quantitative estimate of drug-likeness (QED) is 0.607. The Morgan fingerprint density at radius 1 is 1.28 bits per heavy atom. The highest BCUT2D eigenvalue weighted by molar-refractivity contribution is 5.94. The summed E-state index contributed by atoms with van der Waals surface area (Å²) < 4.78 is 15.7. The van der Waals surface area contributed by atoms with Gasteiger partial charge in [0, 0.05) is 26.2 Å². The molecule has 4 nitrogen and oxygen atoms in total. The maximum Gasteiger partial charge on any atom is 0.339 e. The molecule has 0 N–H and O–H groups in total. The second-order valence-electron chi connectivity index (χ2n) is 4.88. The lowest BCUT2D eigenvalue weighted by atomic mass is 9.93. The highest BCUT2D eigenvalue weighted by Gasteiger charge is 2.37. The molecule has 0 aromatic heterocycles. The van der Waals surface area contributed by atoms with Crippen molar-refractivity contribution in [3.63, 3.8) is 0 Å². The minimum atomic E-state index is -0.557. The van der Waals surface area contributed by atoms with Gasteiger partial charge in [-0.1, -0.05) is 12.1 Å². The summed E-state index contributed by atoms with van der Waals surface area (Å²) in [5, 5.41) is 0. The van der Waals surface area contributed by atoms with Crippen molar-refractivity contribution in [2.75, 3.05) is 14.2 Å². The van der Waals surface area contributed by atoms with Crippen LogP contribution in [0.5, 0.6) is 0 Å². The van der Waals surface area contributed by atoms with Gasteiger partial charge in [0.05, 0.1) is 5.56 Å². The molecular formula is C14H18O4. The van der Waals surface area contributed by atoms with Crippen LogP contribution in [0.15, 0.2) is 18.2 Å². The summed E-state index contributed by atoms with van der Waals surface area (Å²) in [5.74, 6) is -0.253. The maximum atomic E-state index is 11.7. The summed E-state index contributed by atoms with van der Waals surface area (Å²) in [4.78, 5) is 11.7. The molecule has 0 saturated heterocycles. The van der Waals surface area contributed by atoms with Crippen LogP contribution in [-0.4, -0.2) is 26.5 Å². The van der Waals surface area contributed by atoms with Gasteiger partial charge in [0.2, 0.25) is 0 Å². The smallest absolute Gasteiger partial charge is 0.339 e. The molecule has 0 unspecified atom stereocenters. The van der Waals surface area contributed by atoms with Crippen LogP contribution in [0.1, 0.15) is 35.3 Å². The molecule has 1 aliphatic heterocycles. The Morgan fingerprint density at radius 3 is 2.56 bits per heavy atom. The van der Waals surface area contributed by atoms with Crippen LogP contribution >= 0.6 is 0 Å². The van der Waals surface area contributed by atoms with Gasteiger partial charge in [0.15, 0.2) is 6.29 Å². The molecule has 0 radical (unpaired) electrons. The molecule has 0 spiro atoms. The first-order valence-electron chi connectivity index (χ1n) is 5.90. The Hall–Kier alpha value is -1.39. The zero-order chi connectivity index (χ0) is 13.3. The summed E-state index contributed by atoms with van der Waals surface area (Å²) in [5.41, 5.74) is 2.08. The third-order valence-corrected chi connectivity index (χ3v) is 3.23. The van der Waals surface area contributed by atoms with Crippen LogP contribution in [0.4, 0.5) is 0 Å². The normalized spacial score (nSPS) is 16.8. The molecule has 0 atom stereocenters. The molecule has 1 aromatic rings. The van der Waals surface area contributed by atoms with E-state index in [1.54, 1.807) is 14.2 Å². The Balaban J connectivity index is 2.30. The summed E-state index contributed by atoms with van der Waals surface area (Å²) >= 11 is 0. The lowest BCUT2D eigenvalue weighted by Crippen LogP contribution is -2.18. The number of rotatable bonds is 4. The number of hydrogen-bond acceptors (Lipinski definition) is 4. The highest BCUT2D eigenvalue weighted by Crippen LogP contribution is 2.36. The largest absolute Gasteiger partial charge is 0.451 e. The molecular weight excluding hydrogens is 232 g/mol. The molecule has 1 aliphatic rings. The molecule has 0 saturated carbocycles. The first-order valence-corrected chi connectivity index (χ1v) is 5.90. The number of ether oxygens (including phenoxy) is 3. The number of esters is 1. The Kier molecular flexibility index (Phi) is 3.41. The zero-order valence-corrected chi connectivity index (χ0v) is 11.1. The number of carbonyl (C=O) groups is 1. The number of methoxy groups -OCH3 is 2. The third-order valence-electron chi connectivity index (χ3n) is 3.23. The minimum absolute atomic E-state index is 0.253. The van der Waals surface area contributed by atoms with E-state index in [0.29, 0.717) is 12.0 Å². The topological polar surface area (TPSA) is 44.8 Å². The molecule has 1 heterocycles. The van der Waals surface area contributed by atoms with Gasteiger partial charge in [0.1, 0.15) is 5.60 Å². The summed E-state index contributed by atoms with van der Waals surface area (Å²) in [6, 6.07) is 5.71. The number of hydrogen-bond donors (Lipinski definition) is 0. The van der Waals surface area contributed by atoms with E-state index in [1.165, 1.54) is 0 Å². The van der Waals surface area contributed by atoms with Gasteiger partial charge in [-0.3, -0.25) is 0 Å². The molecule has 2 rings (SSSR count). The molecule has 0 bridgehead atoms. The van der Waals surface area contributed by atoms with E-state index in [-0.39, 0.29) is 12.3 Å². The predicted molar refractivity (Wildman–Crippen MR) is 66.4 cm³/mol. The van der Waals surface area contributed by atoms with Crippen molar-refractivity contribution in [3.05, 3.63) is 34.9 Å². The van der Waals surface area contributed by atoms with E-state index in [9.17, 15) is 4.79 Å². The zero-order valence-electron chi connectivity index (χ0n) is 11.1. The number of cyclic esters (lactones) is 1. The summed E-state index contributed by atoms with van der Waals surface area (Å²) in [7, 11) is 3.22. The Bertz CT molecular complexity index is 461. The fourth-order valence-corrected chi connectivity index (χ4v) is 2.19. The number of benzene rings is 1. The molecule has 0 fully saturated rings. The molecule has 0 amide bonds. The predicted octanol–water partition coefficient (Wildman–Crippen LogP) is 2.25. The van der Waals surface area contributed by atoms with Crippen molar-refractivity contribution in [1.82, 2.24) is 0 Å². The van der Waals surface area contributed by atoms with Gasteiger partial charge >= 0.3 is 5.97 Å². The average molecular weight is 250 g/mol. The first kappa shape index (κ1) is 13.1. The van der Waals surface area contributed by atoms with E-state index >= 15 is 0 Å². The monoisotopic (exact) mass is 250 g/mol. The van der Waals surface area contributed by atoms with E-state index in [1.807, 2.05) is 32.0 Å². The fourth-order valence-electron chi connectivity index (χ4n) is 2.19. The van der Waals surface area contributed by atoms with Crippen LogP contribution in [0, 0.1) is 0 Å². The van der Waals surface area contributed by atoms with E-state index in [0.717, 1.165) is 11.1 Å². The molecule has 0 aliphatic carbocycles. The van der Waals surface area contributed by atoms with Gasteiger partial charge in [-0.2, -0.15) is 0 Å². The van der Waals surface area contributed by atoms with Crippen molar-refractivity contribution in [2.45, 2.75) is 32.2 Å². The molecule has 1 aromatic carbocycles. The summed E-state index contributed by atoms with van der Waals surface area (Å²) in [6.07, 6.45) is 0.370. The van der Waals surface area contributed by atoms with Crippen molar-refractivity contribution >= 4 is 5.97 Å². The van der Waals surface area contributed by atoms with Gasteiger partial charge < -0.3 is 14.2 Å². The maximum absolute atomic E-state index is 11.7. The molecule has 98 valence electrons. The molecule has 18 heavy (non-hydrogen) atoms. The lowest BCUT2D eigenvalue weighted by molar-refractivity contribution is -0.100. The summed E-state index contributed by atoms with van der Waals surface area (Å²) in [6.45, 7) is 3.79. The van der Waals surface area contributed by atoms with Crippen LogP contribution in [-0.2, 0) is 26.2 Å². The van der Waals surface area contributed by atoms with Gasteiger partial charge in [-0.25, -0.2) is 4.79 Å². The minimum Gasteiger partial charge on any atom is -0.451 e. The second kappa shape index (κ2) is 4.71.